The maximum Gasteiger partial charge on any atom is 0.251 e. The van der Waals surface area contributed by atoms with E-state index >= 15 is 0 Å². The topological polar surface area (TPSA) is 109 Å². The Balaban J connectivity index is 2.91. The van der Waals surface area contributed by atoms with Crippen molar-refractivity contribution in [3.8, 4) is 0 Å². The van der Waals surface area contributed by atoms with Gasteiger partial charge in [0.25, 0.3) is 5.91 Å². The van der Waals surface area contributed by atoms with E-state index in [0.717, 1.165) is 6.26 Å². The molecule has 0 saturated carbocycles. The average molecular weight is 300 g/mol. The van der Waals surface area contributed by atoms with E-state index in [4.69, 9.17) is 10.8 Å². The van der Waals surface area contributed by atoms with Crippen LogP contribution in [0.1, 0.15) is 30.1 Å². The Labute approximate surface area is 118 Å². The highest BCUT2D eigenvalue weighted by Crippen LogP contribution is 2.17. The normalized spacial score (nSPS) is 12.9. The van der Waals surface area contributed by atoms with E-state index in [0.29, 0.717) is 12.8 Å². The molecule has 0 saturated heterocycles. The highest BCUT2D eigenvalue weighted by Gasteiger charge is 2.15. The molecule has 0 aromatic heterocycles. The zero-order valence-corrected chi connectivity index (χ0v) is 12.4. The summed E-state index contributed by atoms with van der Waals surface area (Å²) in [6.07, 6.45) is 2.30. The summed E-state index contributed by atoms with van der Waals surface area (Å²) in [4.78, 5) is 12.0. The fraction of sp³-hybridized carbons (Fsp3) is 0.462. The molecule has 6 nitrogen and oxygen atoms in total. The van der Waals surface area contributed by atoms with Crippen molar-refractivity contribution in [3.05, 3.63) is 23.8 Å². The van der Waals surface area contributed by atoms with Gasteiger partial charge in [0.1, 0.15) is 0 Å². The largest absolute Gasteiger partial charge is 0.399 e. The molecular weight excluding hydrogens is 280 g/mol. The lowest BCUT2D eigenvalue weighted by Gasteiger charge is -2.14. The first-order chi connectivity index (χ1) is 9.24. The Hall–Kier alpha value is -1.60. The number of anilines is 1. The number of rotatable bonds is 6. The van der Waals surface area contributed by atoms with Crippen LogP contribution in [0.3, 0.4) is 0 Å². The molecule has 1 atom stereocenters. The van der Waals surface area contributed by atoms with Gasteiger partial charge in [-0.25, -0.2) is 8.42 Å². The van der Waals surface area contributed by atoms with Crippen molar-refractivity contribution < 1.29 is 18.3 Å². The van der Waals surface area contributed by atoms with Gasteiger partial charge >= 0.3 is 0 Å². The summed E-state index contributed by atoms with van der Waals surface area (Å²) in [5.41, 5.74) is 6.06. The van der Waals surface area contributed by atoms with E-state index in [2.05, 4.69) is 5.32 Å². The van der Waals surface area contributed by atoms with Crippen LogP contribution >= 0.6 is 0 Å². The molecule has 7 heteroatoms. The van der Waals surface area contributed by atoms with E-state index in [-0.39, 0.29) is 34.7 Å². The van der Waals surface area contributed by atoms with Gasteiger partial charge in [-0.2, -0.15) is 0 Å². The lowest BCUT2D eigenvalue weighted by Crippen LogP contribution is -2.32. The maximum atomic E-state index is 12.0. The second-order valence-corrected chi connectivity index (χ2v) is 6.82. The molecule has 0 spiro atoms. The molecule has 0 bridgehead atoms. The van der Waals surface area contributed by atoms with Gasteiger partial charge in [0.15, 0.2) is 9.84 Å². The molecule has 0 radical (unpaired) electrons. The SMILES string of the molecule is CC(CCCO)NC(=O)c1cc(N)cc(S(C)(=O)=O)c1. The number of nitrogens with two attached hydrogens (primary N) is 1. The average Bonchev–Trinajstić information content (AvgIpc) is 2.34. The Kier molecular flexibility index (Phi) is 5.52. The minimum atomic E-state index is -3.42. The highest BCUT2D eigenvalue weighted by molar-refractivity contribution is 7.90. The van der Waals surface area contributed by atoms with Gasteiger partial charge in [0, 0.05) is 30.2 Å². The highest BCUT2D eigenvalue weighted by atomic mass is 32.2. The van der Waals surface area contributed by atoms with Crippen LogP contribution in [0.5, 0.6) is 0 Å². The molecule has 1 aromatic rings. The van der Waals surface area contributed by atoms with E-state index < -0.39 is 9.84 Å². The molecule has 1 aromatic carbocycles. The third-order valence-electron chi connectivity index (χ3n) is 2.79. The third kappa shape index (κ3) is 4.82. The molecule has 0 aliphatic carbocycles. The van der Waals surface area contributed by atoms with Crippen molar-refractivity contribution >= 4 is 21.4 Å². The summed E-state index contributed by atoms with van der Waals surface area (Å²) in [5, 5.41) is 11.5. The number of sulfone groups is 1. The summed E-state index contributed by atoms with van der Waals surface area (Å²) in [6, 6.07) is 3.95. The Morgan fingerprint density at radius 3 is 2.60 bits per heavy atom. The zero-order chi connectivity index (χ0) is 15.3. The summed E-state index contributed by atoms with van der Waals surface area (Å²) in [5.74, 6) is -0.382. The molecule has 4 N–H and O–H groups in total. The first-order valence-electron chi connectivity index (χ1n) is 6.26. The summed E-state index contributed by atoms with van der Waals surface area (Å²) >= 11 is 0. The van der Waals surface area contributed by atoms with Gasteiger partial charge in [0.2, 0.25) is 0 Å². The lowest BCUT2D eigenvalue weighted by atomic mass is 10.1. The van der Waals surface area contributed by atoms with Crippen molar-refractivity contribution in [1.29, 1.82) is 0 Å². The third-order valence-corrected chi connectivity index (χ3v) is 3.88. The van der Waals surface area contributed by atoms with Gasteiger partial charge in [0.05, 0.1) is 4.90 Å². The smallest absolute Gasteiger partial charge is 0.251 e. The monoisotopic (exact) mass is 300 g/mol. The van der Waals surface area contributed by atoms with Crippen LogP contribution in [0, 0.1) is 0 Å². The van der Waals surface area contributed by atoms with E-state index in [1.807, 2.05) is 6.92 Å². The van der Waals surface area contributed by atoms with Crippen molar-refractivity contribution in [2.24, 2.45) is 0 Å². The predicted molar refractivity (Wildman–Crippen MR) is 77.2 cm³/mol. The van der Waals surface area contributed by atoms with Crippen LogP contribution < -0.4 is 11.1 Å². The quantitative estimate of drug-likeness (QED) is 0.665. The minimum absolute atomic E-state index is 0.0191. The van der Waals surface area contributed by atoms with E-state index in [9.17, 15) is 13.2 Å². The zero-order valence-electron chi connectivity index (χ0n) is 11.6. The number of benzene rings is 1. The maximum absolute atomic E-state index is 12.0. The van der Waals surface area contributed by atoms with Gasteiger partial charge in [-0.3, -0.25) is 4.79 Å². The number of nitrogen functional groups attached to an aromatic ring is 1. The number of carbonyl (C=O) groups is 1. The lowest BCUT2D eigenvalue weighted by molar-refractivity contribution is 0.0936. The van der Waals surface area contributed by atoms with Crippen LogP contribution in [0.4, 0.5) is 5.69 Å². The number of hydrogen-bond acceptors (Lipinski definition) is 5. The first kappa shape index (κ1) is 16.5. The number of hydrogen-bond donors (Lipinski definition) is 3. The Bertz CT molecular complexity index is 584. The number of aliphatic hydroxyl groups is 1. The van der Waals surface area contributed by atoms with Crippen molar-refractivity contribution in [3.63, 3.8) is 0 Å². The molecule has 1 rings (SSSR count). The van der Waals surface area contributed by atoms with E-state index in [1.165, 1.54) is 18.2 Å². The molecule has 112 valence electrons. The van der Waals surface area contributed by atoms with Gasteiger partial charge in [-0.05, 0) is 38.0 Å². The minimum Gasteiger partial charge on any atom is -0.399 e. The predicted octanol–water partition coefficient (Wildman–Crippen LogP) is 0.563. The molecule has 0 fully saturated rings. The molecule has 20 heavy (non-hydrogen) atoms. The molecule has 1 amide bonds. The van der Waals surface area contributed by atoms with Crippen molar-refractivity contribution in [2.45, 2.75) is 30.7 Å². The van der Waals surface area contributed by atoms with Crippen LogP contribution in [-0.4, -0.2) is 38.3 Å². The number of amides is 1. The van der Waals surface area contributed by atoms with Crippen LogP contribution in [0.15, 0.2) is 23.1 Å². The summed E-state index contributed by atoms with van der Waals surface area (Å²) in [6.45, 7) is 1.88. The second-order valence-electron chi connectivity index (χ2n) is 4.80. The first-order valence-corrected chi connectivity index (χ1v) is 8.15. The van der Waals surface area contributed by atoms with Gasteiger partial charge in [-0.15, -0.1) is 0 Å². The van der Waals surface area contributed by atoms with Crippen molar-refractivity contribution in [2.75, 3.05) is 18.6 Å². The second kappa shape index (κ2) is 6.71. The number of nitrogens with one attached hydrogen (secondary N) is 1. The Morgan fingerprint density at radius 1 is 1.40 bits per heavy atom. The van der Waals surface area contributed by atoms with Crippen LogP contribution in [0.2, 0.25) is 0 Å². The Morgan fingerprint density at radius 2 is 2.05 bits per heavy atom. The molecule has 1 unspecified atom stereocenters. The molecule has 0 aliphatic heterocycles. The molecular formula is C13H20N2O4S. The van der Waals surface area contributed by atoms with Crippen molar-refractivity contribution in [1.82, 2.24) is 5.32 Å². The van der Waals surface area contributed by atoms with Crippen LogP contribution in [0.25, 0.3) is 0 Å². The van der Waals surface area contributed by atoms with Crippen LogP contribution in [-0.2, 0) is 9.84 Å². The standard InChI is InChI=1S/C13H20N2O4S/c1-9(4-3-5-16)15-13(17)10-6-11(14)8-12(7-10)20(2,18)19/h6-9,16H,3-5,14H2,1-2H3,(H,15,17). The van der Waals surface area contributed by atoms with E-state index in [1.54, 1.807) is 0 Å². The number of aliphatic hydroxyl groups excluding tert-OH is 1. The fourth-order valence-electron chi connectivity index (χ4n) is 1.74. The molecule has 0 heterocycles. The van der Waals surface area contributed by atoms with Gasteiger partial charge in [-0.1, -0.05) is 0 Å². The molecule has 0 aliphatic rings. The summed E-state index contributed by atoms with van der Waals surface area (Å²) in [7, 11) is -3.42. The van der Waals surface area contributed by atoms with Gasteiger partial charge < -0.3 is 16.2 Å². The summed E-state index contributed by atoms with van der Waals surface area (Å²) < 4.78 is 23.0. The fourth-order valence-corrected chi connectivity index (χ4v) is 2.44. The number of carbonyl (C=O) groups excluding carboxylic acids is 1.